The molecule has 1 heterocycles. The highest BCUT2D eigenvalue weighted by Gasteiger charge is 2.19. The van der Waals surface area contributed by atoms with E-state index in [0.29, 0.717) is 39.8 Å². The fraction of sp³-hybridized carbons (Fsp3) is 0.353. The Morgan fingerprint density at radius 2 is 1.89 bits per heavy atom. The maximum Gasteiger partial charge on any atom is 0.252 e. The summed E-state index contributed by atoms with van der Waals surface area (Å²) in [6.07, 6.45) is 0. The van der Waals surface area contributed by atoms with Gasteiger partial charge in [0.25, 0.3) is 10.0 Å². The number of rotatable bonds is 7. The Balaban J connectivity index is 0.00000392. The van der Waals surface area contributed by atoms with E-state index in [-0.39, 0.29) is 24.0 Å². The number of hydrogen-bond donors (Lipinski definition) is 2. The molecule has 1 aromatic heterocycles. The van der Waals surface area contributed by atoms with Gasteiger partial charge in [0.05, 0.1) is 13.1 Å². The Bertz CT molecular complexity index is 918. The summed E-state index contributed by atoms with van der Waals surface area (Å²) >= 11 is 13.3. The van der Waals surface area contributed by atoms with Crippen LogP contribution in [0.3, 0.4) is 0 Å². The predicted octanol–water partition coefficient (Wildman–Crippen LogP) is 4.18. The Labute approximate surface area is 197 Å². The number of halogens is 3. The molecular formula is C17H23Cl2IN4O2S2. The third kappa shape index (κ3) is 7.03. The molecule has 0 saturated heterocycles. The monoisotopic (exact) mass is 576 g/mol. The minimum Gasteiger partial charge on any atom is -0.357 e. The molecule has 0 radical (unpaired) electrons. The van der Waals surface area contributed by atoms with Crippen LogP contribution in [0.5, 0.6) is 0 Å². The van der Waals surface area contributed by atoms with E-state index < -0.39 is 10.0 Å². The first-order valence-corrected chi connectivity index (χ1v) is 11.2. The molecule has 0 bridgehead atoms. The normalized spacial score (nSPS) is 12.0. The molecule has 0 atom stereocenters. The van der Waals surface area contributed by atoms with Gasteiger partial charge in [-0.1, -0.05) is 29.3 Å². The Hall–Kier alpha value is -0.590. The molecule has 156 valence electrons. The highest BCUT2D eigenvalue weighted by Crippen LogP contribution is 2.24. The maximum atomic E-state index is 12.2. The number of thiophene rings is 1. The van der Waals surface area contributed by atoms with Gasteiger partial charge >= 0.3 is 0 Å². The summed E-state index contributed by atoms with van der Waals surface area (Å²) in [5.41, 5.74) is 0.869. The van der Waals surface area contributed by atoms with E-state index in [1.165, 1.54) is 29.7 Å². The molecule has 0 aliphatic rings. The molecule has 0 aliphatic carbocycles. The SMILES string of the molecule is CCNC(=NCc1ccc(Cl)cc1Cl)NCc1ccc(S(=O)(=O)N(C)C)s1.I. The van der Waals surface area contributed by atoms with E-state index in [0.717, 1.165) is 10.4 Å². The topological polar surface area (TPSA) is 73.8 Å². The van der Waals surface area contributed by atoms with Crippen LogP contribution in [0.2, 0.25) is 10.0 Å². The highest BCUT2D eigenvalue weighted by atomic mass is 127. The summed E-state index contributed by atoms with van der Waals surface area (Å²) < 4.78 is 25.8. The van der Waals surface area contributed by atoms with Crippen LogP contribution in [-0.4, -0.2) is 39.3 Å². The maximum absolute atomic E-state index is 12.2. The zero-order chi connectivity index (χ0) is 20.0. The lowest BCUT2D eigenvalue weighted by Gasteiger charge is -2.11. The predicted molar refractivity (Wildman–Crippen MR) is 129 cm³/mol. The van der Waals surface area contributed by atoms with Gasteiger partial charge in [0.1, 0.15) is 4.21 Å². The second kappa shape index (κ2) is 11.6. The van der Waals surface area contributed by atoms with Gasteiger partial charge in [0, 0.05) is 35.6 Å². The van der Waals surface area contributed by atoms with E-state index in [9.17, 15) is 8.42 Å². The number of sulfonamides is 1. The van der Waals surface area contributed by atoms with Crippen LogP contribution in [0.4, 0.5) is 0 Å². The van der Waals surface area contributed by atoms with Gasteiger partial charge in [0.15, 0.2) is 5.96 Å². The summed E-state index contributed by atoms with van der Waals surface area (Å²) in [5, 5.41) is 7.51. The van der Waals surface area contributed by atoms with E-state index in [4.69, 9.17) is 23.2 Å². The molecule has 1 aromatic carbocycles. The van der Waals surface area contributed by atoms with Crippen molar-refractivity contribution in [3.05, 3.63) is 50.8 Å². The molecular weight excluding hydrogens is 554 g/mol. The summed E-state index contributed by atoms with van der Waals surface area (Å²) in [5.74, 6) is 0.619. The van der Waals surface area contributed by atoms with Crippen molar-refractivity contribution in [3.63, 3.8) is 0 Å². The smallest absolute Gasteiger partial charge is 0.252 e. The number of benzene rings is 1. The molecule has 2 N–H and O–H groups in total. The Morgan fingerprint density at radius 1 is 1.18 bits per heavy atom. The van der Waals surface area contributed by atoms with Crippen molar-refractivity contribution in [3.8, 4) is 0 Å². The molecule has 2 rings (SSSR count). The molecule has 0 spiro atoms. The van der Waals surface area contributed by atoms with Crippen molar-refractivity contribution >= 4 is 74.5 Å². The summed E-state index contributed by atoms with van der Waals surface area (Å²) in [6, 6.07) is 8.72. The molecule has 28 heavy (non-hydrogen) atoms. The summed E-state index contributed by atoms with van der Waals surface area (Å²) in [7, 11) is -0.369. The fourth-order valence-corrected chi connectivity index (χ4v) is 5.03. The standard InChI is InChI=1S/C17H22Cl2N4O2S2.HI/c1-4-20-17(21-10-12-5-6-13(18)9-15(12)19)22-11-14-7-8-16(26-14)27(24,25)23(2)3;/h5-9H,4,10-11H2,1-3H3,(H2,20,21,22);1H. The van der Waals surface area contributed by atoms with Crippen molar-refractivity contribution < 1.29 is 8.42 Å². The second-order valence-electron chi connectivity index (χ2n) is 5.79. The first-order chi connectivity index (χ1) is 12.7. The van der Waals surface area contributed by atoms with Crippen LogP contribution in [0.15, 0.2) is 39.5 Å². The molecule has 0 saturated carbocycles. The van der Waals surface area contributed by atoms with Crippen molar-refractivity contribution in [2.75, 3.05) is 20.6 Å². The van der Waals surface area contributed by atoms with Gasteiger partial charge < -0.3 is 10.6 Å². The first-order valence-electron chi connectivity index (χ1n) is 8.21. The van der Waals surface area contributed by atoms with Crippen LogP contribution in [0.25, 0.3) is 0 Å². The van der Waals surface area contributed by atoms with Gasteiger partial charge in [-0.05, 0) is 36.8 Å². The highest BCUT2D eigenvalue weighted by molar-refractivity contribution is 14.0. The molecule has 0 amide bonds. The summed E-state index contributed by atoms with van der Waals surface area (Å²) in [6.45, 7) is 3.54. The number of hydrogen-bond acceptors (Lipinski definition) is 4. The largest absolute Gasteiger partial charge is 0.357 e. The third-order valence-corrected chi connectivity index (χ3v) is 7.52. The zero-order valence-corrected chi connectivity index (χ0v) is 21.2. The Kier molecular flexibility index (Phi) is 10.5. The molecule has 11 heteroatoms. The molecule has 0 unspecified atom stereocenters. The van der Waals surface area contributed by atoms with Crippen molar-refractivity contribution in [1.29, 1.82) is 0 Å². The van der Waals surface area contributed by atoms with Gasteiger partial charge in [-0.2, -0.15) is 0 Å². The van der Waals surface area contributed by atoms with Crippen LogP contribution < -0.4 is 10.6 Å². The minimum atomic E-state index is -3.41. The lowest BCUT2D eigenvalue weighted by Crippen LogP contribution is -2.36. The van der Waals surface area contributed by atoms with Crippen molar-refractivity contribution in [2.24, 2.45) is 4.99 Å². The quantitative estimate of drug-likeness (QED) is 0.295. The van der Waals surface area contributed by atoms with Crippen LogP contribution in [0, 0.1) is 0 Å². The Morgan fingerprint density at radius 3 is 2.50 bits per heavy atom. The average molecular weight is 577 g/mol. The van der Waals surface area contributed by atoms with Gasteiger partial charge in [-0.15, -0.1) is 35.3 Å². The van der Waals surface area contributed by atoms with Gasteiger partial charge in [0.2, 0.25) is 0 Å². The van der Waals surface area contributed by atoms with Crippen LogP contribution in [-0.2, 0) is 23.1 Å². The van der Waals surface area contributed by atoms with Crippen LogP contribution >= 0.6 is 58.5 Å². The van der Waals surface area contributed by atoms with E-state index in [1.54, 1.807) is 24.3 Å². The van der Waals surface area contributed by atoms with Crippen LogP contribution in [0.1, 0.15) is 17.4 Å². The second-order valence-corrected chi connectivity index (χ2v) is 10.2. The van der Waals surface area contributed by atoms with Crippen molar-refractivity contribution in [2.45, 2.75) is 24.2 Å². The van der Waals surface area contributed by atoms with Gasteiger partial charge in [-0.25, -0.2) is 17.7 Å². The minimum absolute atomic E-state index is 0. The molecule has 0 aliphatic heterocycles. The van der Waals surface area contributed by atoms with Crippen molar-refractivity contribution in [1.82, 2.24) is 14.9 Å². The first kappa shape index (κ1) is 25.4. The number of guanidine groups is 1. The molecule has 0 fully saturated rings. The summed E-state index contributed by atoms with van der Waals surface area (Å²) in [4.78, 5) is 5.41. The fourth-order valence-electron chi connectivity index (χ4n) is 2.10. The number of aliphatic imine (C=N–C) groups is 1. The third-order valence-electron chi connectivity index (χ3n) is 3.57. The average Bonchev–Trinajstić information content (AvgIpc) is 3.08. The zero-order valence-electron chi connectivity index (χ0n) is 15.7. The van der Waals surface area contributed by atoms with E-state index in [1.807, 2.05) is 13.0 Å². The lowest BCUT2D eigenvalue weighted by atomic mass is 10.2. The van der Waals surface area contributed by atoms with Gasteiger partial charge in [-0.3, -0.25) is 0 Å². The van der Waals surface area contributed by atoms with E-state index in [2.05, 4.69) is 15.6 Å². The molecule has 2 aromatic rings. The van der Waals surface area contributed by atoms with E-state index >= 15 is 0 Å². The lowest BCUT2D eigenvalue weighted by molar-refractivity contribution is 0.523. The number of nitrogens with one attached hydrogen (secondary N) is 2. The molecule has 6 nitrogen and oxygen atoms in total. The number of nitrogens with zero attached hydrogens (tertiary/aromatic N) is 2.